The molecular weight excluding hydrogens is 384 g/mol. The summed E-state index contributed by atoms with van der Waals surface area (Å²) in [5.74, 6) is 0.689. The zero-order valence-corrected chi connectivity index (χ0v) is 17.2. The number of rotatable bonds is 8. The second-order valence-corrected chi connectivity index (χ2v) is 6.44. The molecule has 0 aliphatic rings. The summed E-state index contributed by atoms with van der Waals surface area (Å²) in [6.45, 7) is 6.62. The predicted molar refractivity (Wildman–Crippen MR) is 115 cm³/mol. The summed E-state index contributed by atoms with van der Waals surface area (Å²) in [6.07, 6.45) is 1.43. The van der Waals surface area contributed by atoms with Crippen molar-refractivity contribution < 1.29 is 23.5 Å². The Labute approximate surface area is 175 Å². The van der Waals surface area contributed by atoms with E-state index in [0.29, 0.717) is 41.7 Å². The molecule has 7 nitrogen and oxygen atoms in total. The molecule has 0 aliphatic carbocycles. The second kappa shape index (κ2) is 9.65. The van der Waals surface area contributed by atoms with Crippen LogP contribution in [-0.4, -0.2) is 25.0 Å². The summed E-state index contributed by atoms with van der Waals surface area (Å²) in [4.78, 5) is 25.0. The lowest BCUT2D eigenvalue weighted by atomic mass is 10.1. The molecule has 1 aromatic heterocycles. The summed E-state index contributed by atoms with van der Waals surface area (Å²) >= 11 is 0. The van der Waals surface area contributed by atoms with Crippen LogP contribution in [-0.2, 0) is 0 Å². The fraction of sp³-hybridized carbons (Fsp3) is 0.217. The Morgan fingerprint density at radius 2 is 1.67 bits per heavy atom. The highest BCUT2D eigenvalue weighted by Gasteiger charge is 2.14. The molecule has 0 radical (unpaired) electrons. The van der Waals surface area contributed by atoms with E-state index in [9.17, 15) is 9.59 Å². The van der Waals surface area contributed by atoms with E-state index < -0.39 is 0 Å². The lowest BCUT2D eigenvalue weighted by Crippen LogP contribution is -2.15. The Morgan fingerprint density at radius 1 is 0.900 bits per heavy atom. The molecule has 2 aromatic carbocycles. The number of carbonyl (C=O) groups is 2. The van der Waals surface area contributed by atoms with Gasteiger partial charge in [-0.3, -0.25) is 9.59 Å². The normalized spacial score (nSPS) is 10.4. The standard InChI is InChI=1S/C23H24N2O5/c1-4-28-19-11-10-17(14-21(19)29-5-2)24-22(26)16-9-8-15(3)18(13-16)25-23(27)20-7-6-12-30-20/h6-14H,4-5H2,1-3H3,(H,24,26)(H,25,27). The van der Waals surface area contributed by atoms with Crippen LogP contribution < -0.4 is 20.1 Å². The Balaban J connectivity index is 1.77. The van der Waals surface area contributed by atoms with Gasteiger partial charge in [-0.15, -0.1) is 0 Å². The van der Waals surface area contributed by atoms with Crippen LogP contribution in [0.3, 0.4) is 0 Å². The quantitative estimate of drug-likeness (QED) is 0.554. The molecule has 0 spiro atoms. The highest BCUT2D eigenvalue weighted by molar-refractivity contribution is 6.07. The van der Waals surface area contributed by atoms with E-state index in [2.05, 4.69) is 10.6 Å². The van der Waals surface area contributed by atoms with Gasteiger partial charge in [0.1, 0.15) is 0 Å². The van der Waals surface area contributed by atoms with Crippen LogP contribution in [0.15, 0.2) is 59.2 Å². The maximum atomic E-state index is 12.8. The largest absolute Gasteiger partial charge is 0.490 e. The summed E-state index contributed by atoms with van der Waals surface area (Å²) in [5, 5.41) is 5.62. The van der Waals surface area contributed by atoms with Crippen molar-refractivity contribution in [1.82, 2.24) is 0 Å². The number of aryl methyl sites for hydroxylation is 1. The SMILES string of the molecule is CCOc1ccc(NC(=O)c2ccc(C)c(NC(=O)c3ccco3)c2)cc1OCC. The first kappa shape index (κ1) is 21.0. The number of ether oxygens (including phenoxy) is 2. The molecule has 3 rings (SSSR count). The van der Waals surface area contributed by atoms with Gasteiger partial charge >= 0.3 is 0 Å². The van der Waals surface area contributed by atoms with Crippen molar-refractivity contribution in [2.24, 2.45) is 0 Å². The molecule has 0 fully saturated rings. The summed E-state index contributed by atoms with van der Waals surface area (Å²) in [5.41, 5.74) is 2.34. The van der Waals surface area contributed by atoms with Gasteiger partial charge in [0.25, 0.3) is 11.8 Å². The molecule has 1 heterocycles. The van der Waals surface area contributed by atoms with Gasteiger partial charge in [-0.25, -0.2) is 0 Å². The number of anilines is 2. The predicted octanol–water partition coefficient (Wildman–Crippen LogP) is 4.89. The lowest BCUT2D eigenvalue weighted by molar-refractivity contribution is 0.0993. The van der Waals surface area contributed by atoms with Gasteiger partial charge in [0.2, 0.25) is 0 Å². The van der Waals surface area contributed by atoms with E-state index in [4.69, 9.17) is 13.9 Å². The number of hydrogen-bond acceptors (Lipinski definition) is 5. The van der Waals surface area contributed by atoms with Gasteiger partial charge in [-0.1, -0.05) is 6.07 Å². The van der Waals surface area contributed by atoms with Crippen LogP contribution in [0.4, 0.5) is 11.4 Å². The zero-order chi connectivity index (χ0) is 21.5. The molecule has 0 atom stereocenters. The summed E-state index contributed by atoms with van der Waals surface area (Å²) < 4.78 is 16.3. The minimum atomic E-state index is -0.381. The molecule has 3 aromatic rings. The fourth-order valence-corrected chi connectivity index (χ4v) is 2.82. The van der Waals surface area contributed by atoms with E-state index in [1.165, 1.54) is 6.26 Å². The molecule has 7 heteroatoms. The average molecular weight is 408 g/mol. The monoisotopic (exact) mass is 408 g/mol. The van der Waals surface area contributed by atoms with E-state index >= 15 is 0 Å². The lowest BCUT2D eigenvalue weighted by Gasteiger charge is -2.14. The number of nitrogens with one attached hydrogen (secondary N) is 2. The van der Waals surface area contributed by atoms with Crippen molar-refractivity contribution in [3.05, 3.63) is 71.7 Å². The minimum absolute atomic E-state index is 0.196. The fourth-order valence-electron chi connectivity index (χ4n) is 2.82. The first-order chi connectivity index (χ1) is 14.5. The van der Waals surface area contributed by atoms with Crippen molar-refractivity contribution in [1.29, 1.82) is 0 Å². The smallest absolute Gasteiger partial charge is 0.291 e. The number of furan rings is 1. The molecule has 156 valence electrons. The first-order valence-corrected chi connectivity index (χ1v) is 9.68. The first-order valence-electron chi connectivity index (χ1n) is 9.68. The molecule has 0 aliphatic heterocycles. The highest BCUT2D eigenvalue weighted by atomic mass is 16.5. The molecule has 2 N–H and O–H groups in total. The average Bonchev–Trinajstić information content (AvgIpc) is 3.27. The topological polar surface area (TPSA) is 89.8 Å². The van der Waals surface area contributed by atoms with Crippen molar-refractivity contribution in [2.45, 2.75) is 20.8 Å². The molecule has 0 saturated carbocycles. The summed E-state index contributed by atoms with van der Waals surface area (Å²) in [7, 11) is 0. The summed E-state index contributed by atoms with van der Waals surface area (Å²) in [6, 6.07) is 13.5. The van der Waals surface area contributed by atoms with E-state index in [1.807, 2.05) is 20.8 Å². The van der Waals surface area contributed by atoms with Gasteiger partial charge < -0.3 is 24.5 Å². The van der Waals surface area contributed by atoms with E-state index in [0.717, 1.165) is 5.56 Å². The van der Waals surface area contributed by atoms with Gasteiger partial charge in [0, 0.05) is 23.0 Å². The Hall–Kier alpha value is -3.74. The van der Waals surface area contributed by atoms with Gasteiger partial charge in [0.05, 0.1) is 19.5 Å². The maximum absolute atomic E-state index is 12.8. The third kappa shape index (κ3) is 5.00. The number of carbonyl (C=O) groups excluding carboxylic acids is 2. The van der Waals surface area contributed by atoms with Crippen LogP contribution in [0.5, 0.6) is 11.5 Å². The van der Waals surface area contributed by atoms with Crippen molar-refractivity contribution >= 4 is 23.2 Å². The molecule has 0 saturated heterocycles. The van der Waals surface area contributed by atoms with Gasteiger partial charge in [-0.05, 0) is 62.7 Å². The van der Waals surface area contributed by atoms with Gasteiger partial charge in [0.15, 0.2) is 17.3 Å². The Bertz CT molecular complexity index is 1030. The van der Waals surface area contributed by atoms with Crippen LogP contribution in [0, 0.1) is 6.92 Å². The number of benzene rings is 2. The number of hydrogen-bond donors (Lipinski definition) is 2. The highest BCUT2D eigenvalue weighted by Crippen LogP contribution is 2.31. The maximum Gasteiger partial charge on any atom is 0.291 e. The minimum Gasteiger partial charge on any atom is -0.490 e. The van der Waals surface area contributed by atoms with Crippen LogP contribution >= 0.6 is 0 Å². The molecular formula is C23H24N2O5. The molecule has 30 heavy (non-hydrogen) atoms. The third-order valence-corrected chi connectivity index (χ3v) is 4.29. The molecule has 2 amide bonds. The second-order valence-electron chi connectivity index (χ2n) is 6.44. The van der Waals surface area contributed by atoms with Crippen LogP contribution in [0.2, 0.25) is 0 Å². The van der Waals surface area contributed by atoms with E-state index in [1.54, 1.807) is 48.5 Å². The molecule has 0 unspecified atom stereocenters. The van der Waals surface area contributed by atoms with Crippen LogP contribution in [0.1, 0.15) is 40.3 Å². The van der Waals surface area contributed by atoms with Crippen molar-refractivity contribution in [2.75, 3.05) is 23.8 Å². The third-order valence-electron chi connectivity index (χ3n) is 4.29. The zero-order valence-electron chi connectivity index (χ0n) is 17.2. The molecule has 0 bridgehead atoms. The van der Waals surface area contributed by atoms with Gasteiger partial charge in [-0.2, -0.15) is 0 Å². The Kier molecular flexibility index (Phi) is 6.75. The van der Waals surface area contributed by atoms with Crippen LogP contribution in [0.25, 0.3) is 0 Å². The Morgan fingerprint density at radius 3 is 2.37 bits per heavy atom. The van der Waals surface area contributed by atoms with Crippen molar-refractivity contribution in [3.63, 3.8) is 0 Å². The van der Waals surface area contributed by atoms with Crippen molar-refractivity contribution in [3.8, 4) is 11.5 Å². The van der Waals surface area contributed by atoms with E-state index in [-0.39, 0.29) is 17.6 Å². The number of amides is 2.